The van der Waals surface area contributed by atoms with E-state index >= 15 is 0 Å². The van der Waals surface area contributed by atoms with Crippen molar-refractivity contribution in [2.24, 2.45) is 0 Å². The molecule has 1 aromatic carbocycles. The predicted octanol–water partition coefficient (Wildman–Crippen LogP) is 1.69. The van der Waals surface area contributed by atoms with Gasteiger partial charge in [-0.05, 0) is 19.1 Å². The number of rotatable bonds is 5. The summed E-state index contributed by atoms with van der Waals surface area (Å²) in [6.45, 7) is 3.03. The lowest BCUT2D eigenvalue weighted by molar-refractivity contribution is 0.197. The zero-order chi connectivity index (χ0) is 12.8. The first-order valence-electron chi connectivity index (χ1n) is 5.52. The van der Waals surface area contributed by atoms with Crippen molar-refractivity contribution in [1.29, 1.82) is 5.26 Å². The number of aliphatic hydroxyl groups is 1. The van der Waals surface area contributed by atoms with Crippen LogP contribution in [-0.2, 0) is 4.74 Å². The molecule has 4 nitrogen and oxygen atoms in total. The molecule has 92 valence electrons. The molecule has 0 aliphatic heterocycles. The first kappa shape index (κ1) is 13.5. The van der Waals surface area contributed by atoms with Crippen molar-refractivity contribution < 1.29 is 9.84 Å². The summed E-state index contributed by atoms with van der Waals surface area (Å²) in [6.07, 6.45) is -0.553. The molecule has 0 aromatic heterocycles. The summed E-state index contributed by atoms with van der Waals surface area (Å²) >= 11 is 0. The average molecular weight is 234 g/mol. The van der Waals surface area contributed by atoms with Gasteiger partial charge in [0.25, 0.3) is 0 Å². The van der Waals surface area contributed by atoms with Gasteiger partial charge >= 0.3 is 0 Å². The fraction of sp³-hybridized carbons (Fsp3) is 0.462. The maximum Gasteiger partial charge on any atom is 0.0992 e. The maximum absolute atomic E-state index is 9.70. The third-order valence-corrected chi connectivity index (χ3v) is 2.65. The number of hydrogen-bond donors (Lipinski definition) is 1. The summed E-state index contributed by atoms with van der Waals surface area (Å²) in [4.78, 5) is 1.98. The van der Waals surface area contributed by atoms with Crippen LogP contribution in [0.15, 0.2) is 18.2 Å². The minimum Gasteiger partial charge on any atom is -0.389 e. The van der Waals surface area contributed by atoms with Gasteiger partial charge in [0.2, 0.25) is 0 Å². The van der Waals surface area contributed by atoms with Crippen molar-refractivity contribution in [3.05, 3.63) is 29.3 Å². The molecule has 0 aliphatic rings. The molecule has 1 atom stereocenters. The van der Waals surface area contributed by atoms with E-state index in [1.54, 1.807) is 32.2 Å². The van der Waals surface area contributed by atoms with E-state index < -0.39 is 6.10 Å². The van der Waals surface area contributed by atoms with Crippen LogP contribution in [0.2, 0.25) is 0 Å². The molecule has 0 bridgehead atoms. The molecule has 0 radical (unpaired) electrons. The van der Waals surface area contributed by atoms with E-state index in [4.69, 9.17) is 10.00 Å². The van der Waals surface area contributed by atoms with Gasteiger partial charge in [-0.25, -0.2) is 0 Å². The number of benzene rings is 1. The molecule has 0 saturated carbocycles. The van der Waals surface area contributed by atoms with Crippen molar-refractivity contribution >= 4 is 5.69 Å². The van der Waals surface area contributed by atoms with Gasteiger partial charge in [0.05, 0.1) is 24.3 Å². The van der Waals surface area contributed by atoms with Crippen LogP contribution >= 0.6 is 0 Å². The molecule has 0 aliphatic carbocycles. The highest BCUT2D eigenvalue weighted by Crippen LogP contribution is 2.26. The van der Waals surface area contributed by atoms with E-state index in [2.05, 4.69) is 6.07 Å². The third kappa shape index (κ3) is 3.45. The average Bonchev–Trinajstić information content (AvgIpc) is 2.34. The summed E-state index contributed by atoms with van der Waals surface area (Å²) < 4.78 is 5.02. The number of methoxy groups -OCH3 is 1. The van der Waals surface area contributed by atoms with Gasteiger partial charge in [-0.1, -0.05) is 6.07 Å². The van der Waals surface area contributed by atoms with Gasteiger partial charge in [-0.3, -0.25) is 0 Å². The smallest absolute Gasteiger partial charge is 0.0992 e. The quantitative estimate of drug-likeness (QED) is 0.842. The van der Waals surface area contributed by atoms with E-state index in [1.165, 1.54) is 0 Å². The second kappa shape index (κ2) is 6.24. The van der Waals surface area contributed by atoms with Gasteiger partial charge in [0, 0.05) is 32.0 Å². The van der Waals surface area contributed by atoms with Crippen LogP contribution in [0.1, 0.15) is 24.2 Å². The normalized spacial score (nSPS) is 11.9. The van der Waals surface area contributed by atoms with Crippen LogP contribution in [0.25, 0.3) is 0 Å². The number of aliphatic hydroxyl groups excluding tert-OH is 1. The Labute approximate surface area is 102 Å². The van der Waals surface area contributed by atoms with Crippen LogP contribution in [0.3, 0.4) is 0 Å². The van der Waals surface area contributed by atoms with Crippen LogP contribution in [0.5, 0.6) is 0 Å². The first-order valence-corrected chi connectivity index (χ1v) is 5.52. The molecule has 0 heterocycles. The highest BCUT2D eigenvalue weighted by atomic mass is 16.5. The molecule has 0 fully saturated rings. The molecular formula is C13H18N2O2. The number of nitriles is 1. The van der Waals surface area contributed by atoms with E-state index in [-0.39, 0.29) is 0 Å². The lowest BCUT2D eigenvalue weighted by Crippen LogP contribution is -2.23. The summed E-state index contributed by atoms with van der Waals surface area (Å²) in [5, 5.41) is 18.6. The van der Waals surface area contributed by atoms with Crippen LogP contribution in [-0.4, -0.2) is 32.4 Å². The zero-order valence-corrected chi connectivity index (χ0v) is 10.5. The molecule has 0 spiro atoms. The zero-order valence-electron chi connectivity index (χ0n) is 10.5. The molecule has 0 unspecified atom stereocenters. The molecule has 0 saturated heterocycles. The predicted molar refractivity (Wildman–Crippen MR) is 66.9 cm³/mol. The Hall–Kier alpha value is -1.57. The summed E-state index contributed by atoms with van der Waals surface area (Å²) in [5.74, 6) is 0. The van der Waals surface area contributed by atoms with Crippen molar-refractivity contribution in [3.63, 3.8) is 0 Å². The van der Waals surface area contributed by atoms with Crippen LogP contribution in [0, 0.1) is 11.3 Å². The van der Waals surface area contributed by atoms with Gasteiger partial charge in [-0.2, -0.15) is 5.26 Å². The Kier molecular flexibility index (Phi) is 4.95. The van der Waals surface area contributed by atoms with Gasteiger partial charge in [0.15, 0.2) is 0 Å². The fourth-order valence-electron chi connectivity index (χ4n) is 1.65. The van der Waals surface area contributed by atoms with Crippen molar-refractivity contribution in [3.8, 4) is 6.07 Å². The van der Waals surface area contributed by atoms with E-state index in [0.29, 0.717) is 18.7 Å². The van der Waals surface area contributed by atoms with Crippen molar-refractivity contribution in [2.75, 3.05) is 32.2 Å². The molecule has 1 N–H and O–H groups in total. The number of ether oxygens (including phenoxy) is 1. The topological polar surface area (TPSA) is 56.5 Å². The third-order valence-electron chi connectivity index (χ3n) is 2.65. The summed E-state index contributed by atoms with van der Waals surface area (Å²) in [7, 11) is 3.57. The first-order chi connectivity index (χ1) is 8.10. The van der Waals surface area contributed by atoms with E-state index in [1.807, 2.05) is 11.9 Å². The van der Waals surface area contributed by atoms with Crippen molar-refractivity contribution in [2.45, 2.75) is 13.0 Å². The van der Waals surface area contributed by atoms with Gasteiger partial charge in [-0.15, -0.1) is 0 Å². The standard InChI is InChI=1S/C13H18N2O2/c1-10(16)12-5-4-11(9-14)8-13(12)15(2)6-7-17-3/h4-5,8,10,16H,6-7H2,1-3H3/t10-/m0/s1. The number of anilines is 1. The highest BCUT2D eigenvalue weighted by Gasteiger charge is 2.12. The molecule has 1 rings (SSSR count). The Bertz CT molecular complexity index is 410. The number of likely N-dealkylation sites (N-methyl/N-ethyl adjacent to an activating group) is 1. The lowest BCUT2D eigenvalue weighted by atomic mass is 10.0. The summed E-state index contributed by atoms with van der Waals surface area (Å²) in [5.41, 5.74) is 2.28. The number of nitrogens with zero attached hydrogens (tertiary/aromatic N) is 2. The summed E-state index contributed by atoms with van der Waals surface area (Å²) in [6, 6.07) is 7.41. The molecule has 4 heteroatoms. The van der Waals surface area contributed by atoms with Crippen molar-refractivity contribution in [1.82, 2.24) is 0 Å². The maximum atomic E-state index is 9.70. The Balaban J connectivity index is 3.04. The fourth-order valence-corrected chi connectivity index (χ4v) is 1.65. The minimum atomic E-state index is -0.553. The largest absolute Gasteiger partial charge is 0.389 e. The Morgan fingerprint density at radius 1 is 1.53 bits per heavy atom. The van der Waals surface area contributed by atoms with Crippen LogP contribution < -0.4 is 4.90 Å². The second-order valence-electron chi connectivity index (χ2n) is 3.98. The SMILES string of the molecule is COCCN(C)c1cc(C#N)ccc1[C@H](C)O. The molecule has 0 amide bonds. The molecule has 17 heavy (non-hydrogen) atoms. The van der Waals surface area contributed by atoms with Gasteiger partial charge in [0.1, 0.15) is 0 Å². The van der Waals surface area contributed by atoms with E-state index in [9.17, 15) is 5.11 Å². The Morgan fingerprint density at radius 3 is 2.76 bits per heavy atom. The van der Waals surface area contributed by atoms with E-state index in [0.717, 1.165) is 11.3 Å². The molecular weight excluding hydrogens is 216 g/mol. The lowest BCUT2D eigenvalue weighted by Gasteiger charge is -2.23. The molecule has 1 aromatic rings. The Morgan fingerprint density at radius 2 is 2.24 bits per heavy atom. The highest BCUT2D eigenvalue weighted by molar-refractivity contribution is 5.58. The van der Waals surface area contributed by atoms with Gasteiger partial charge < -0.3 is 14.7 Å². The monoisotopic (exact) mass is 234 g/mol. The van der Waals surface area contributed by atoms with Crippen LogP contribution in [0.4, 0.5) is 5.69 Å². The number of hydrogen-bond acceptors (Lipinski definition) is 4. The minimum absolute atomic E-state index is 0.553. The second-order valence-corrected chi connectivity index (χ2v) is 3.98.